The molecule has 4 aromatic rings. The maximum absolute atomic E-state index is 12.5. The van der Waals surface area contributed by atoms with Gasteiger partial charge in [-0.3, -0.25) is 19.6 Å². The molecular formula is C20H17N5O5S2. The van der Waals surface area contributed by atoms with Gasteiger partial charge < -0.3 is 9.88 Å². The monoisotopic (exact) mass is 471 g/mol. The van der Waals surface area contributed by atoms with Gasteiger partial charge in [0.1, 0.15) is 6.54 Å². The number of hydrogen-bond acceptors (Lipinski definition) is 7. The number of carbonyl (C=O) groups is 1. The first kappa shape index (κ1) is 21.5. The highest BCUT2D eigenvalue weighted by Gasteiger charge is 2.13. The van der Waals surface area contributed by atoms with E-state index in [2.05, 4.69) is 15.0 Å². The molecule has 2 heterocycles. The third kappa shape index (κ3) is 4.92. The van der Waals surface area contributed by atoms with Crippen molar-refractivity contribution in [3.63, 3.8) is 0 Å². The highest BCUT2D eigenvalue weighted by atomic mass is 32.2. The van der Waals surface area contributed by atoms with Gasteiger partial charge in [-0.05, 0) is 24.3 Å². The lowest BCUT2D eigenvalue weighted by atomic mass is 10.1. The SMILES string of the molecule is CS(=O)(=O)Nc1ccc(-c2csc(NC(=O)Cn3ccc4cc([N+](=O)[O-])ccc43)n2)cc1. The molecule has 0 aliphatic heterocycles. The largest absolute Gasteiger partial charge is 0.338 e. The van der Waals surface area contributed by atoms with Crippen LogP contribution in [0.25, 0.3) is 22.2 Å². The van der Waals surface area contributed by atoms with Gasteiger partial charge in [0, 0.05) is 45.9 Å². The van der Waals surface area contributed by atoms with E-state index in [9.17, 15) is 23.3 Å². The topological polar surface area (TPSA) is 136 Å². The molecule has 0 bridgehead atoms. The maximum atomic E-state index is 12.5. The van der Waals surface area contributed by atoms with E-state index in [-0.39, 0.29) is 18.1 Å². The molecule has 0 atom stereocenters. The average molecular weight is 472 g/mol. The third-order valence-corrected chi connectivity index (χ3v) is 5.88. The van der Waals surface area contributed by atoms with Crippen molar-refractivity contribution in [1.29, 1.82) is 0 Å². The highest BCUT2D eigenvalue weighted by Crippen LogP contribution is 2.27. The Morgan fingerprint density at radius 3 is 2.62 bits per heavy atom. The van der Waals surface area contributed by atoms with Crippen LogP contribution >= 0.6 is 11.3 Å². The summed E-state index contributed by atoms with van der Waals surface area (Å²) in [7, 11) is -3.35. The van der Waals surface area contributed by atoms with Crippen LogP contribution in [-0.2, 0) is 21.4 Å². The molecule has 0 radical (unpaired) electrons. The Balaban J connectivity index is 1.43. The van der Waals surface area contributed by atoms with Crippen LogP contribution < -0.4 is 10.0 Å². The molecular weight excluding hydrogens is 454 g/mol. The van der Waals surface area contributed by atoms with Crippen molar-refractivity contribution in [2.24, 2.45) is 0 Å². The van der Waals surface area contributed by atoms with Crippen LogP contribution in [0.2, 0.25) is 0 Å². The van der Waals surface area contributed by atoms with Crippen LogP contribution in [0.5, 0.6) is 0 Å². The number of nitro benzene ring substituents is 1. The molecule has 10 nitrogen and oxygen atoms in total. The number of fused-ring (bicyclic) bond motifs is 1. The Bertz CT molecular complexity index is 1420. The first-order valence-electron chi connectivity index (χ1n) is 9.25. The number of hydrogen-bond donors (Lipinski definition) is 2. The summed E-state index contributed by atoms with van der Waals surface area (Å²) >= 11 is 1.27. The molecule has 1 amide bonds. The Labute approximate surface area is 186 Å². The second-order valence-electron chi connectivity index (χ2n) is 6.98. The molecule has 0 aliphatic rings. The van der Waals surface area contributed by atoms with Gasteiger partial charge in [-0.25, -0.2) is 13.4 Å². The van der Waals surface area contributed by atoms with Gasteiger partial charge in [-0.1, -0.05) is 12.1 Å². The lowest BCUT2D eigenvalue weighted by Crippen LogP contribution is -2.18. The van der Waals surface area contributed by atoms with Gasteiger partial charge in [-0.2, -0.15) is 0 Å². The van der Waals surface area contributed by atoms with Crippen LogP contribution in [0.1, 0.15) is 0 Å². The molecule has 0 saturated heterocycles. The summed E-state index contributed by atoms with van der Waals surface area (Å²) in [6, 6.07) is 12.9. The Kier molecular flexibility index (Phi) is 5.63. The number of amides is 1. The number of nitrogens with one attached hydrogen (secondary N) is 2. The average Bonchev–Trinajstić information content (AvgIpc) is 3.34. The van der Waals surface area contributed by atoms with E-state index in [0.29, 0.717) is 27.4 Å². The Hall–Kier alpha value is -3.77. The lowest BCUT2D eigenvalue weighted by Gasteiger charge is -2.05. The predicted molar refractivity (Wildman–Crippen MR) is 123 cm³/mol. The maximum Gasteiger partial charge on any atom is 0.270 e. The summed E-state index contributed by atoms with van der Waals surface area (Å²) in [4.78, 5) is 27.3. The van der Waals surface area contributed by atoms with Crippen molar-refractivity contribution < 1.29 is 18.1 Å². The van der Waals surface area contributed by atoms with Crippen LogP contribution in [0.15, 0.2) is 60.1 Å². The van der Waals surface area contributed by atoms with Gasteiger partial charge in [0.05, 0.1) is 16.9 Å². The summed E-state index contributed by atoms with van der Waals surface area (Å²) in [5.41, 5.74) is 2.58. The second kappa shape index (κ2) is 8.40. The van der Waals surface area contributed by atoms with Crippen molar-refractivity contribution in [3.05, 3.63) is 70.2 Å². The van der Waals surface area contributed by atoms with Gasteiger partial charge >= 0.3 is 0 Å². The third-order valence-electron chi connectivity index (χ3n) is 4.51. The molecule has 0 spiro atoms. The number of nitro groups is 1. The number of nitrogens with zero attached hydrogens (tertiary/aromatic N) is 3. The van der Waals surface area contributed by atoms with Gasteiger partial charge in [0.2, 0.25) is 15.9 Å². The molecule has 12 heteroatoms. The first-order valence-corrected chi connectivity index (χ1v) is 12.0. The van der Waals surface area contributed by atoms with E-state index in [1.807, 2.05) is 0 Å². The number of benzene rings is 2. The zero-order chi connectivity index (χ0) is 22.9. The summed E-state index contributed by atoms with van der Waals surface area (Å²) in [5.74, 6) is -0.283. The van der Waals surface area contributed by atoms with Gasteiger partial charge in [-0.15, -0.1) is 11.3 Å². The predicted octanol–water partition coefficient (Wildman–Crippen LogP) is 3.68. The zero-order valence-corrected chi connectivity index (χ0v) is 18.3. The van der Waals surface area contributed by atoms with Crippen LogP contribution in [-0.4, -0.2) is 35.1 Å². The fourth-order valence-corrected chi connectivity index (χ4v) is 4.44. The van der Waals surface area contributed by atoms with E-state index in [0.717, 1.165) is 11.8 Å². The number of aromatic nitrogens is 2. The molecule has 32 heavy (non-hydrogen) atoms. The fourth-order valence-electron chi connectivity index (χ4n) is 3.14. The van der Waals surface area contributed by atoms with Crippen molar-refractivity contribution in [3.8, 4) is 11.3 Å². The quantitative estimate of drug-likeness (QED) is 0.312. The number of carbonyl (C=O) groups excluding carboxylic acids is 1. The first-order chi connectivity index (χ1) is 15.2. The molecule has 2 aromatic carbocycles. The Morgan fingerprint density at radius 2 is 1.94 bits per heavy atom. The molecule has 0 fully saturated rings. The molecule has 2 aromatic heterocycles. The summed E-state index contributed by atoms with van der Waals surface area (Å²) in [6.45, 7) is 0.0298. The van der Waals surface area contributed by atoms with E-state index in [1.165, 1.54) is 23.5 Å². The van der Waals surface area contributed by atoms with Crippen LogP contribution in [0, 0.1) is 10.1 Å². The summed E-state index contributed by atoms with van der Waals surface area (Å²) < 4.78 is 26.7. The fraction of sp³-hybridized carbons (Fsp3) is 0.100. The molecule has 0 aliphatic carbocycles. The minimum atomic E-state index is -3.35. The van der Waals surface area contributed by atoms with Crippen molar-refractivity contribution in [2.45, 2.75) is 6.54 Å². The minimum absolute atomic E-state index is 0.00449. The number of thiazole rings is 1. The number of non-ortho nitro benzene ring substituents is 1. The summed E-state index contributed by atoms with van der Waals surface area (Å²) in [5, 5.41) is 16.6. The molecule has 2 N–H and O–H groups in total. The van der Waals surface area contributed by atoms with E-state index in [4.69, 9.17) is 0 Å². The highest BCUT2D eigenvalue weighted by molar-refractivity contribution is 7.92. The molecule has 0 saturated carbocycles. The van der Waals surface area contributed by atoms with E-state index in [1.54, 1.807) is 52.5 Å². The minimum Gasteiger partial charge on any atom is -0.338 e. The van der Waals surface area contributed by atoms with Gasteiger partial charge in [0.25, 0.3) is 5.69 Å². The normalized spacial score (nSPS) is 11.4. The number of sulfonamides is 1. The summed E-state index contributed by atoms with van der Waals surface area (Å²) in [6.07, 6.45) is 2.78. The van der Waals surface area contributed by atoms with E-state index >= 15 is 0 Å². The van der Waals surface area contributed by atoms with Crippen LogP contribution in [0.4, 0.5) is 16.5 Å². The Morgan fingerprint density at radius 1 is 1.19 bits per heavy atom. The number of rotatable bonds is 7. The molecule has 0 unspecified atom stereocenters. The van der Waals surface area contributed by atoms with Crippen molar-refractivity contribution >= 4 is 54.7 Å². The van der Waals surface area contributed by atoms with Crippen molar-refractivity contribution in [1.82, 2.24) is 9.55 Å². The van der Waals surface area contributed by atoms with Crippen LogP contribution in [0.3, 0.4) is 0 Å². The smallest absolute Gasteiger partial charge is 0.270 e. The second-order valence-corrected chi connectivity index (χ2v) is 9.59. The van der Waals surface area contributed by atoms with E-state index < -0.39 is 14.9 Å². The molecule has 164 valence electrons. The van der Waals surface area contributed by atoms with Gasteiger partial charge in [0.15, 0.2) is 5.13 Å². The van der Waals surface area contributed by atoms with Crippen molar-refractivity contribution in [2.75, 3.05) is 16.3 Å². The standard InChI is InChI=1S/C20H17N5O5S2/c1-32(29,30)23-15-4-2-13(3-5-15)17-12-31-20(21-17)22-19(26)11-24-9-8-14-10-16(25(27)28)6-7-18(14)24/h2-10,12,23H,11H2,1H3,(H,21,22,26). The number of anilines is 2. The lowest BCUT2D eigenvalue weighted by molar-refractivity contribution is -0.384. The molecule has 4 rings (SSSR count). The zero-order valence-electron chi connectivity index (χ0n) is 16.7.